The van der Waals surface area contributed by atoms with Crippen molar-refractivity contribution in [1.29, 1.82) is 0 Å². The molecule has 1 N–H and O–H groups in total. The Balaban J connectivity index is 1.20. The standard InChI is InChI=1S/C22H26Br2N2O4/c1-30-13-7-5-6-12(10-13)25-16(27)8-3-2-4-9-26-21(28)17-14-11-15(18(17)22(26)29)20(24)19(14)23/h5-7,10,14-15,17-20H,2-4,8-9,11H2,1H3,(H,25,27)/t14-,15-,17-,18-,19-,20+/m0/s1. The molecule has 1 aromatic carbocycles. The van der Waals surface area contributed by atoms with Gasteiger partial charge >= 0.3 is 0 Å². The average molecular weight is 542 g/mol. The van der Waals surface area contributed by atoms with E-state index in [0.29, 0.717) is 24.4 Å². The number of halogens is 2. The monoisotopic (exact) mass is 540 g/mol. The van der Waals surface area contributed by atoms with E-state index in [1.807, 2.05) is 18.2 Å². The number of rotatable bonds is 8. The molecule has 0 unspecified atom stereocenters. The maximum absolute atomic E-state index is 12.9. The number of hydrogen-bond donors (Lipinski definition) is 1. The van der Waals surface area contributed by atoms with Crippen LogP contribution in [0, 0.1) is 23.7 Å². The number of hydrogen-bond acceptors (Lipinski definition) is 4. The number of nitrogens with zero attached hydrogens (tertiary/aromatic N) is 1. The molecule has 6 atom stereocenters. The first kappa shape index (κ1) is 21.8. The summed E-state index contributed by atoms with van der Waals surface area (Å²) in [5.41, 5.74) is 0.712. The lowest BCUT2D eigenvalue weighted by Gasteiger charge is -2.28. The Morgan fingerprint density at radius 3 is 2.40 bits per heavy atom. The molecule has 3 amide bonds. The molecule has 8 heteroatoms. The van der Waals surface area contributed by atoms with Gasteiger partial charge in [0.15, 0.2) is 0 Å². The van der Waals surface area contributed by atoms with Crippen molar-refractivity contribution in [2.75, 3.05) is 19.0 Å². The van der Waals surface area contributed by atoms with Gasteiger partial charge in [-0.1, -0.05) is 44.3 Å². The fraction of sp³-hybridized carbons (Fsp3) is 0.591. The molecular formula is C22H26Br2N2O4. The summed E-state index contributed by atoms with van der Waals surface area (Å²) in [6, 6.07) is 7.26. The average Bonchev–Trinajstić information content (AvgIpc) is 3.34. The van der Waals surface area contributed by atoms with Gasteiger partial charge in [0.2, 0.25) is 17.7 Å². The summed E-state index contributed by atoms with van der Waals surface area (Å²) in [5.74, 6) is 0.896. The van der Waals surface area contributed by atoms with Gasteiger partial charge in [-0.2, -0.15) is 0 Å². The van der Waals surface area contributed by atoms with E-state index in [1.54, 1.807) is 13.2 Å². The zero-order chi connectivity index (χ0) is 21.4. The second-order valence-corrected chi connectivity index (χ2v) is 10.5. The molecule has 0 spiro atoms. The maximum atomic E-state index is 12.9. The minimum atomic E-state index is -0.144. The lowest BCUT2D eigenvalue weighted by Crippen LogP contribution is -2.37. The van der Waals surface area contributed by atoms with Crippen LogP contribution in [0.5, 0.6) is 5.75 Å². The third-order valence-electron chi connectivity index (χ3n) is 6.72. The van der Waals surface area contributed by atoms with Crippen molar-refractivity contribution in [3.05, 3.63) is 24.3 Å². The van der Waals surface area contributed by atoms with Gasteiger partial charge in [-0.3, -0.25) is 19.3 Å². The van der Waals surface area contributed by atoms with Gasteiger partial charge in [0.1, 0.15) is 5.75 Å². The molecule has 2 aliphatic carbocycles. The minimum Gasteiger partial charge on any atom is -0.497 e. The molecule has 1 heterocycles. The summed E-state index contributed by atoms with van der Waals surface area (Å²) < 4.78 is 5.16. The molecule has 4 rings (SSSR count). The lowest BCUT2D eigenvalue weighted by molar-refractivity contribution is -0.140. The van der Waals surface area contributed by atoms with E-state index in [1.165, 1.54) is 4.90 Å². The third-order valence-corrected chi connectivity index (χ3v) is 9.92. The van der Waals surface area contributed by atoms with Crippen LogP contribution in [0.2, 0.25) is 0 Å². The van der Waals surface area contributed by atoms with Crippen LogP contribution < -0.4 is 10.1 Å². The maximum Gasteiger partial charge on any atom is 0.233 e. The van der Waals surface area contributed by atoms with E-state index in [0.717, 1.165) is 25.7 Å². The van der Waals surface area contributed by atoms with Gasteiger partial charge in [-0.15, -0.1) is 0 Å². The van der Waals surface area contributed by atoms with Gasteiger partial charge in [0, 0.05) is 34.4 Å². The van der Waals surface area contributed by atoms with Crippen LogP contribution in [0.1, 0.15) is 32.1 Å². The number of imide groups is 1. The number of alkyl halides is 2. The topological polar surface area (TPSA) is 75.7 Å². The van der Waals surface area contributed by atoms with Gasteiger partial charge < -0.3 is 10.1 Å². The van der Waals surface area contributed by atoms with Crippen LogP contribution in [0.3, 0.4) is 0 Å². The normalized spacial score (nSPS) is 31.9. The van der Waals surface area contributed by atoms with E-state index in [4.69, 9.17) is 4.74 Å². The summed E-state index contributed by atoms with van der Waals surface area (Å²) in [4.78, 5) is 39.9. The molecule has 0 radical (unpaired) electrons. The molecule has 3 aliphatic rings. The predicted octanol–water partition coefficient (Wildman–Crippen LogP) is 3.97. The highest BCUT2D eigenvalue weighted by molar-refractivity contribution is 9.12. The highest BCUT2D eigenvalue weighted by Gasteiger charge is 2.66. The molecule has 6 nitrogen and oxygen atoms in total. The van der Waals surface area contributed by atoms with Crippen molar-refractivity contribution in [2.24, 2.45) is 23.7 Å². The Hall–Kier alpha value is -1.41. The highest BCUT2D eigenvalue weighted by Crippen LogP contribution is 2.60. The summed E-state index contributed by atoms with van der Waals surface area (Å²) in [6.45, 7) is 0.460. The Kier molecular flexibility index (Phi) is 6.53. The van der Waals surface area contributed by atoms with Crippen molar-refractivity contribution in [3.8, 4) is 5.75 Å². The number of carbonyl (C=O) groups is 3. The Labute approximate surface area is 193 Å². The Bertz CT molecular complexity index is 816. The summed E-state index contributed by atoms with van der Waals surface area (Å²) in [6.07, 6.45) is 3.61. The van der Waals surface area contributed by atoms with Crippen molar-refractivity contribution in [1.82, 2.24) is 4.90 Å². The Morgan fingerprint density at radius 1 is 1.10 bits per heavy atom. The van der Waals surface area contributed by atoms with Gasteiger partial charge in [-0.25, -0.2) is 0 Å². The van der Waals surface area contributed by atoms with E-state index in [9.17, 15) is 14.4 Å². The first-order valence-electron chi connectivity index (χ1n) is 10.5. The minimum absolute atomic E-state index is 0.0112. The van der Waals surface area contributed by atoms with Crippen molar-refractivity contribution < 1.29 is 19.1 Å². The van der Waals surface area contributed by atoms with Crippen LogP contribution in [0.25, 0.3) is 0 Å². The number of benzene rings is 1. The molecule has 2 saturated carbocycles. The number of likely N-dealkylation sites (tertiary alicyclic amines) is 1. The number of unbranched alkanes of at least 4 members (excludes halogenated alkanes) is 2. The van der Waals surface area contributed by atoms with E-state index in [-0.39, 0.29) is 51.0 Å². The zero-order valence-corrected chi connectivity index (χ0v) is 20.0. The van der Waals surface area contributed by atoms with Crippen molar-refractivity contribution in [2.45, 2.75) is 41.8 Å². The molecular weight excluding hydrogens is 516 g/mol. The highest BCUT2D eigenvalue weighted by atomic mass is 79.9. The predicted molar refractivity (Wildman–Crippen MR) is 121 cm³/mol. The molecule has 1 aromatic rings. The number of anilines is 1. The van der Waals surface area contributed by atoms with Gasteiger partial charge in [0.25, 0.3) is 0 Å². The molecule has 1 saturated heterocycles. The molecule has 30 heavy (non-hydrogen) atoms. The van der Waals surface area contributed by atoms with Gasteiger partial charge in [0.05, 0.1) is 18.9 Å². The van der Waals surface area contributed by atoms with Crippen LogP contribution in [-0.2, 0) is 14.4 Å². The number of fused-ring (bicyclic) bond motifs is 5. The van der Waals surface area contributed by atoms with Crippen LogP contribution in [-0.4, -0.2) is 45.9 Å². The number of methoxy groups -OCH3 is 1. The molecule has 162 valence electrons. The van der Waals surface area contributed by atoms with E-state index >= 15 is 0 Å². The molecule has 0 aromatic heterocycles. The Morgan fingerprint density at radius 2 is 1.77 bits per heavy atom. The number of ether oxygens (including phenoxy) is 1. The fourth-order valence-corrected chi connectivity index (χ4v) is 7.16. The lowest BCUT2D eigenvalue weighted by atomic mass is 9.81. The van der Waals surface area contributed by atoms with Gasteiger partial charge in [-0.05, 0) is 43.2 Å². The smallest absolute Gasteiger partial charge is 0.233 e. The van der Waals surface area contributed by atoms with Crippen LogP contribution in [0.15, 0.2) is 24.3 Å². The number of amides is 3. The molecule has 3 fully saturated rings. The van der Waals surface area contributed by atoms with Crippen molar-refractivity contribution >= 4 is 55.3 Å². The SMILES string of the molecule is COc1cccc(NC(=O)CCCCCN2C(=O)[C@H]3[C@@H]4C[C@H]([C@@H](Br)[C@H]4Br)[C@@H]3C2=O)c1. The van der Waals surface area contributed by atoms with E-state index in [2.05, 4.69) is 37.2 Å². The summed E-state index contributed by atoms with van der Waals surface area (Å²) in [7, 11) is 1.59. The second kappa shape index (κ2) is 8.99. The fourth-order valence-electron chi connectivity index (χ4n) is 5.29. The first-order chi connectivity index (χ1) is 14.4. The summed E-state index contributed by atoms with van der Waals surface area (Å²) >= 11 is 7.42. The first-order valence-corrected chi connectivity index (χ1v) is 12.3. The van der Waals surface area contributed by atoms with Crippen LogP contribution in [0.4, 0.5) is 5.69 Å². The number of carbonyl (C=O) groups excluding carboxylic acids is 3. The molecule has 1 aliphatic heterocycles. The van der Waals surface area contributed by atoms with Crippen LogP contribution >= 0.6 is 31.9 Å². The zero-order valence-electron chi connectivity index (χ0n) is 16.9. The second-order valence-electron chi connectivity index (χ2n) is 8.42. The quantitative estimate of drug-likeness (QED) is 0.307. The van der Waals surface area contributed by atoms with Crippen molar-refractivity contribution in [3.63, 3.8) is 0 Å². The largest absolute Gasteiger partial charge is 0.497 e. The summed E-state index contributed by atoms with van der Waals surface area (Å²) in [5, 5.41) is 2.87. The van der Waals surface area contributed by atoms with E-state index < -0.39 is 0 Å². The molecule has 2 bridgehead atoms. The third kappa shape index (κ3) is 3.93. The number of nitrogens with one attached hydrogen (secondary N) is 1.